The summed E-state index contributed by atoms with van der Waals surface area (Å²) in [6.07, 6.45) is -7.88. The number of allylic oxidation sites excluding steroid dienone is 2. The van der Waals surface area contributed by atoms with Crippen molar-refractivity contribution in [3.05, 3.63) is 116 Å². The van der Waals surface area contributed by atoms with Crippen LogP contribution in [-0.2, 0) is 33.1 Å². The molecule has 3 rings (SSSR count). The van der Waals surface area contributed by atoms with E-state index in [4.69, 9.17) is 4.74 Å². The SMILES string of the molecule is C=CCCCc1cc(F)cc(C)c1-c1cc([C@H](CC(=O)OCC)NC(=O)[C@H](CC(=C)C)n2cc(Br)c(C(F)(F)F)cc2=O)c(F)c(C(F)(F)F)c1. The Balaban J connectivity index is 2.29. The smallest absolute Gasteiger partial charge is 0.419 e. The number of amides is 1. The summed E-state index contributed by atoms with van der Waals surface area (Å²) in [6.45, 7) is 11.5. The number of hydrogen-bond donors (Lipinski definition) is 1. The van der Waals surface area contributed by atoms with Crippen LogP contribution in [0, 0.1) is 18.6 Å². The molecule has 0 aliphatic carbocycles. The number of halogens is 9. The highest BCUT2D eigenvalue weighted by Gasteiger charge is 2.39. The van der Waals surface area contributed by atoms with Crippen LogP contribution in [0.25, 0.3) is 11.1 Å². The molecule has 2 atom stereocenters. The number of aryl methyl sites for hydroxylation is 2. The number of rotatable bonds is 14. The van der Waals surface area contributed by atoms with Crippen LogP contribution in [0.1, 0.15) is 79.4 Å². The van der Waals surface area contributed by atoms with Crippen LogP contribution in [0.2, 0.25) is 0 Å². The first kappa shape index (κ1) is 41.2. The lowest BCUT2D eigenvalue weighted by Gasteiger charge is -2.26. The van der Waals surface area contributed by atoms with Crippen LogP contribution >= 0.6 is 15.9 Å². The van der Waals surface area contributed by atoms with Crippen molar-refractivity contribution in [3.63, 3.8) is 0 Å². The number of aromatic nitrogens is 1. The normalized spacial score (nSPS) is 13.0. The first-order chi connectivity index (χ1) is 23.7. The quantitative estimate of drug-likeness (QED) is 0.0764. The van der Waals surface area contributed by atoms with Gasteiger partial charge in [-0.2, -0.15) is 26.3 Å². The van der Waals surface area contributed by atoms with Gasteiger partial charge in [-0.15, -0.1) is 13.2 Å². The van der Waals surface area contributed by atoms with E-state index in [1.807, 2.05) is 0 Å². The van der Waals surface area contributed by atoms with Crippen molar-refractivity contribution in [1.29, 1.82) is 0 Å². The van der Waals surface area contributed by atoms with Crippen molar-refractivity contribution in [2.24, 2.45) is 0 Å². The van der Waals surface area contributed by atoms with Gasteiger partial charge in [0, 0.05) is 22.3 Å². The molecule has 0 spiro atoms. The van der Waals surface area contributed by atoms with Gasteiger partial charge in [-0.05, 0) is 109 Å². The Hall–Kier alpha value is -4.27. The van der Waals surface area contributed by atoms with Crippen molar-refractivity contribution in [2.75, 3.05) is 6.61 Å². The lowest BCUT2D eigenvalue weighted by Crippen LogP contribution is -2.40. The van der Waals surface area contributed by atoms with E-state index in [1.165, 1.54) is 20.8 Å². The first-order valence-electron chi connectivity index (χ1n) is 15.6. The molecule has 1 aromatic heterocycles. The molecule has 51 heavy (non-hydrogen) atoms. The molecule has 0 saturated carbocycles. The minimum Gasteiger partial charge on any atom is -0.466 e. The van der Waals surface area contributed by atoms with Crippen LogP contribution in [0.5, 0.6) is 0 Å². The minimum absolute atomic E-state index is 0.175. The Kier molecular flexibility index (Phi) is 13.6. The Morgan fingerprint density at radius 1 is 1.02 bits per heavy atom. The molecule has 0 aliphatic rings. The third kappa shape index (κ3) is 10.4. The van der Waals surface area contributed by atoms with Gasteiger partial charge in [0.1, 0.15) is 17.7 Å². The second-order valence-electron chi connectivity index (χ2n) is 11.9. The highest BCUT2D eigenvalue weighted by Crippen LogP contribution is 2.41. The van der Waals surface area contributed by atoms with E-state index in [0.29, 0.717) is 29.0 Å². The Labute approximate surface area is 297 Å². The number of hydrogen-bond acceptors (Lipinski definition) is 4. The lowest BCUT2D eigenvalue weighted by atomic mass is 9.88. The van der Waals surface area contributed by atoms with E-state index < -0.39 is 81.1 Å². The maximum absolute atomic E-state index is 16.0. The van der Waals surface area contributed by atoms with Crippen molar-refractivity contribution in [3.8, 4) is 11.1 Å². The van der Waals surface area contributed by atoms with Crippen molar-refractivity contribution >= 4 is 27.8 Å². The van der Waals surface area contributed by atoms with Gasteiger partial charge in [-0.25, -0.2) is 8.78 Å². The van der Waals surface area contributed by atoms with Gasteiger partial charge < -0.3 is 14.6 Å². The molecule has 3 aromatic rings. The summed E-state index contributed by atoms with van der Waals surface area (Å²) in [5.74, 6) is -4.65. The lowest BCUT2D eigenvalue weighted by molar-refractivity contribution is -0.144. The van der Waals surface area contributed by atoms with Gasteiger partial charge in [-0.3, -0.25) is 14.4 Å². The maximum atomic E-state index is 16.0. The summed E-state index contributed by atoms with van der Waals surface area (Å²) in [6, 6.07) is 0.606. The maximum Gasteiger partial charge on any atom is 0.419 e. The summed E-state index contributed by atoms with van der Waals surface area (Å²) in [5.41, 5.74) is -4.27. The van der Waals surface area contributed by atoms with Gasteiger partial charge in [0.05, 0.1) is 30.2 Å². The molecule has 0 saturated heterocycles. The molecular weight excluding hydrogens is 756 g/mol. The van der Waals surface area contributed by atoms with Crippen LogP contribution < -0.4 is 10.9 Å². The van der Waals surface area contributed by atoms with Gasteiger partial charge in [-0.1, -0.05) is 11.6 Å². The molecule has 0 aliphatic heterocycles. The van der Waals surface area contributed by atoms with Crippen LogP contribution in [0.4, 0.5) is 35.1 Å². The summed E-state index contributed by atoms with van der Waals surface area (Å²) < 4.78 is 119. The fourth-order valence-corrected chi connectivity index (χ4v) is 6.19. The first-order valence-corrected chi connectivity index (χ1v) is 16.4. The fraction of sp³-hybridized carbons (Fsp3) is 0.361. The van der Waals surface area contributed by atoms with E-state index >= 15 is 4.39 Å². The zero-order valence-electron chi connectivity index (χ0n) is 27.8. The molecule has 1 N–H and O–H groups in total. The molecule has 276 valence electrons. The highest BCUT2D eigenvalue weighted by molar-refractivity contribution is 9.10. The molecule has 0 bridgehead atoms. The monoisotopic (exact) mass is 790 g/mol. The predicted molar refractivity (Wildman–Crippen MR) is 179 cm³/mol. The number of nitrogens with one attached hydrogen (secondary N) is 1. The van der Waals surface area contributed by atoms with Gasteiger partial charge in [0.15, 0.2) is 0 Å². The molecule has 0 unspecified atom stereocenters. The average molecular weight is 792 g/mol. The molecular formula is C36H35BrF8N2O4. The standard InChI is InChI=1S/C36H35BrF8N2O4/c1-6-8-9-10-21-13-23(38)12-20(5)32(21)22-14-24(33(39)26(15-22)36(43,44)45)28(17-31(49)51-7-2)46-34(50)29(11-19(3)4)47-18-27(37)25(16-30(47)48)35(40,41)42/h6,12-16,18,28-29H,1,3,7-11,17H2,2,4-5H3,(H,46,50)/t28-,29-/m0/s1. The summed E-state index contributed by atoms with van der Waals surface area (Å²) >= 11 is 2.76. The van der Waals surface area contributed by atoms with E-state index in [1.54, 1.807) is 6.08 Å². The van der Waals surface area contributed by atoms with Crippen LogP contribution in [-0.4, -0.2) is 23.1 Å². The number of ether oxygens (including phenoxy) is 1. The Morgan fingerprint density at radius 3 is 2.24 bits per heavy atom. The number of pyridine rings is 1. The van der Waals surface area contributed by atoms with Crippen molar-refractivity contribution in [2.45, 2.75) is 77.3 Å². The number of unbranched alkanes of at least 4 members (excludes halogenated alkanes) is 1. The van der Waals surface area contributed by atoms with Crippen LogP contribution in [0.3, 0.4) is 0 Å². The Bertz CT molecular complexity index is 1870. The summed E-state index contributed by atoms with van der Waals surface area (Å²) in [5, 5.41) is 2.34. The zero-order valence-corrected chi connectivity index (χ0v) is 29.4. The number of alkyl halides is 6. The van der Waals surface area contributed by atoms with Crippen LogP contribution in [0.15, 0.2) is 70.6 Å². The molecule has 1 heterocycles. The second-order valence-corrected chi connectivity index (χ2v) is 12.7. The van der Waals surface area contributed by atoms with Gasteiger partial charge in [0.2, 0.25) is 5.91 Å². The van der Waals surface area contributed by atoms with Gasteiger partial charge >= 0.3 is 18.3 Å². The number of carbonyl (C=O) groups excluding carboxylic acids is 2. The number of benzene rings is 2. The average Bonchev–Trinajstić information content (AvgIpc) is 2.99. The molecule has 0 fully saturated rings. The number of nitrogens with zero attached hydrogens (tertiary/aromatic N) is 1. The predicted octanol–water partition coefficient (Wildman–Crippen LogP) is 9.73. The van der Waals surface area contributed by atoms with E-state index in [-0.39, 0.29) is 47.8 Å². The van der Waals surface area contributed by atoms with E-state index in [2.05, 4.69) is 34.4 Å². The largest absolute Gasteiger partial charge is 0.466 e. The molecule has 1 amide bonds. The second kappa shape index (κ2) is 16.8. The molecule has 15 heteroatoms. The summed E-state index contributed by atoms with van der Waals surface area (Å²) in [4.78, 5) is 39.6. The summed E-state index contributed by atoms with van der Waals surface area (Å²) in [7, 11) is 0. The minimum atomic E-state index is -5.27. The molecule has 6 nitrogen and oxygen atoms in total. The number of esters is 1. The molecule has 0 radical (unpaired) electrons. The topological polar surface area (TPSA) is 77.4 Å². The third-order valence-electron chi connectivity index (χ3n) is 7.82. The Morgan fingerprint density at radius 2 is 1.67 bits per heavy atom. The zero-order chi connectivity index (χ0) is 38.4. The third-order valence-corrected chi connectivity index (χ3v) is 8.45. The fourth-order valence-electron chi connectivity index (χ4n) is 5.63. The van der Waals surface area contributed by atoms with E-state index in [9.17, 15) is 45.1 Å². The molecule has 2 aromatic carbocycles. The highest BCUT2D eigenvalue weighted by atomic mass is 79.9. The van der Waals surface area contributed by atoms with Gasteiger partial charge in [0.25, 0.3) is 5.56 Å². The number of carbonyl (C=O) groups is 2. The van der Waals surface area contributed by atoms with E-state index in [0.717, 1.165) is 24.4 Å². The van der Waals surface area contributed by atoms with Crippen molar-refractivity contribution < 1.29 is 49.4 Å². The van der Waals surface area contributed by atoms with Crippen molar-refractivity contribution in [1.82, 2.24) is 9.88 Å².